The highest BCUT2D eigenvalue weighted by Crippen LogP contribution is 2.31. The lowest BCUT2D eigenvalue weighted by Gasteiger charge is -2.26. The van der Waals surface area contributed by atoms with Crippen molar-refractivity contribution in [2.45, 2.75) is 38.7 Å². The molecular formula is C34H31NO10. The Labute approximate surface area is 259 Å². The number of alkyl carbamates (subject to hydrolysis) is 1. The lowest BCUT2D eigenvalue weighted by atomic mass is 9.93. The van der Waals surface area contributed by atoms with Crippen LogP contribution in [-0.2, 0) is 45.2 Å². The normalized spacial score (nSPS) is 11.8. The Morgan fingerprint density at radius 2 is 1.04 bits per heavy atom. The maximum Gasteiger partial charge on any atom is 0.514 e. The molecule has 0 aliphatic carbocycles. The molecule has 0 fully saturated rings. The first-order chi connectivity index (χ1) is 21.7. The molecule has 0 aliphatic heterocycles. The molecule has 0 saturated heterocycles. The van der Waals surface area contributed by atoms with Crippen LogP contribution in [0.3, 0.4) is 0 Å². The smallest absolute Gasteiger partial charge is 0.480 e. The molecule has 1 unspecified atom stereocenters. The fourth-order valence-electron chi connectivity index (χ4n) is 4.06. The van der Waals surface area contributed by atoms with Gasteiger partial charge in [-0.15, -0.1) is 0 Å². The van der Waals surface area contributed by atoms with E-state index in [9.17, 15) is 24.3 Å². The van der Waals surface area contributed by atoms with Gasteiger partial charge in [0.15, 0.2) is 11.5 Å². The van der Waals surface area contributed by atoms with Crippen LogP contribution >= 0.6 is 0 Å². The van der Waals surface area contributed by atoms with Gasteiger partial charge in [-0.05, 0) is 41.3 Å². The molecule has 232 valence electrons. The molecule has 2 N–H and O–H groups in total. The minimum atomic E-state index is -1.82. The molecule has 0 saturated carbocycles. The van der Waals surface area contributed by atoms with E-state index in [4.69, 9.17) is 23.7 Å². The zero-order chi connectivity index (χ0) is 32.1. The average molecular weight is 614 g/mol. The highest BCUT2D eigenvalue weighted by molar-refractivity contribution is 5.84. The van der Waals surface area contributed by atoms with Crippen LogP contribution in [0, 0.1) is 0 Å². The van der Waals surface area contributed by atoms with E-state index in [-0.39, 0.29) is 37.7 Å². The molecule has 0 spiro atoms. The summed E-state index contributed by atoms with van der Waals surface area (Å²) in [6.45, 7) is 1.10. The lowest BCUT2D eigenvalue weighted by Crippen LogP contribution is -2.53. The Kier molecular flexibility index (Phi) is 11.1. The maximum absolute atomic E-state index is 12.6. The van der Waals surface area contributed by atoms with Gasteiger partial charge in [-0.25, -0.2) is 19.2 Å². The van der Waals surface area contributed by atoms with Crippen LogP contribution in [0.1, 0.15) is 29.2 Å². The number of carboxylic acids is 1. The zero-order valence-electron chi connectivity index (χ0n) is 24.3. The first-order valence-electron chi connectivity index (χ1n) is 13.8. The van der Waals surface area contributed by atoms with E-state index in [1.165, 1.54) is 25.1 Å². The quantitative estimate of drug-likeness (QED) is 0.104. The zero-order valence-corrected chi connectivity index (χ0v) is 24.3. The van der Waals surface area contributed by atoms with Crippen LogP contribution < -0.4 is 14.8 Å². The number of carboxylic acid groups (broad SMARTS) is 1. The van der Waals surface area contributed by atoms with Gasteiger partial charge in [-0.1, -0.05) is 97.1 Å². The van der Waals surface area contributed by atoms with Crippen LogP contribution in [0.15, 0.2) is 109 Å². The first kappa shape index (κ1) is 32.1. The molecule has 0 heterocycles. The molecule has 4 rings (SSSR count). The summed E-state index contributed by atoms with van der Waals surface area (Å²) in [5, 5.41) is 12.4. The van der Waals surface area contributed by atoms with Crippen molar-refractivity contribution in [2.24, 2.45) is 0 Å². The second kappa shape index (κ2) is 15.6. The Morgan fingerprint density at radius 1 is 0.600 bits per heavy atom. The van der Waals surface area contributed by atoms with Crippen molar-refractivity contribution in [3.05, 3.63) is 131 Å². The van der Waals surface area contributed by atoms with Crippen LogP contribution in [0.5, 0.6) is 11.5 Å². The van der Waals surface area contributed by atoms with Crippen molar-refractivity contribution in [2.75, 3.05) is 0 Å². The third kappa shape index (κ3) is 10.1. The van der Waals surface area contributed by atoms with Crippen molar-refractivity contribution in [3.8, 4) is 11.5 Å². The molecule has 0 aromatic heterocycles. The van der Waals surface area contributed by atoms with Gasteiger partial charge in [0, 0.05) is 6.42 Å². The third-order valence-electron chi connectivity index (χ3n) is 6.41. The summed E-state index contributed by atoms with van der Waals surface area (Å²) >= 11 is 0. The molecule has 1 amide bonds. The van der Waals surface area contributed by atoms with Gasteiger partial charge in [-0.3, -0.25) is 0 Å². The predicted octanol–water partition coefficient (Wildman–Crippen LogP) is 6.43. The van der Waals surface area contributed by atoms with Gasteiger partial charge in [-0.2, -0.15) is 0 Å². The molecule has 4 aromatic rings. The Balaban J connectivity index is 1.48. The number of hydrogen-bond donors (Lipinski definition) is 2. The van der Waals surface area contributed by atoms with Gasteiger partial charge in [0.2, 0.25) is 0 Å². The number of nitrogens with one attached hydrogen (secondary N) is 1. The van der Waals surface area contributed by atoms with Crippen molar-refractivity contribution >= 4 is 24.4 Å². The number of benzene rings is 4. The third-order valence-corrected chi connectivity index (χ3v) is 6.41. The van der Waals surface area contributed by atoms with Gasteiger partial charge >= 0.3 is 24.4 Å². The van der Waals surface area contributed by atoms with E-state index in [1.807, 2.05) is 18.2 Å². The van der Waals surface area contributed by atoms with Crippen LogP contribution in [0.2, 0.25) is 0 Å². The van der Waals surface area contributed by atoms with Crippen molar-refractivity contribution in [3.63, 3.8) is 0 Å². The molecule has 1 atom stereocenters. The maximum atomic E-state index is 12.6. The minimum Gasteiger partial charge on any atom is -0.480 e. The van der Waals surface area contributed by atoms with E-state index < -0.39 is 29.9 Å². The van der Waals surface area contributed by atoms with Crippen molar-refractivity contribution < 1.29 is 48.0 Å². The van der Waals surface area contributed by atoms with Crippen LogP contribution in [-0.4, -0.2) is 35.0 Å². The average Bonchev–Trinajstić information content (AvgIpc) is 3.04. The summed E-state index contributed by atoms with van der Waals surface area (Å²) < 4.78 is 26.2. The fourth-order valence-corrected chi connectivity index (χ4v) is 4.06. The molecule has 0 aliphatic rings. The largest absolute Gasteiger partial charge is 0.514 e. The van der Waals surface area contributed by atoms with Gasteiger partial charge < -0.3 is 34.1 Å². The summed E-state index contributed by atoms with van der Waals surface area (Å²) in [6, 6.07) is 30.8. The summed E-state index contributed by atoms with van der Waals surface area (Å²) in [6.07, 6.45) is -3.35. The molecule has 4 aromatic carbocycles. The van der Waals surface area contributed by atoms with Gasteiger partial charge in [0.25, 0.3) is 0 Å². The van der Waals surface area contributed by atoms with E-state index in [1.54, 1.807) is 72.8 Å². The van der Waals surface area contributed by atoms with Crippen LogP contribution in [0.25, 0.3) is 0 Å². The number of amides is 1. The summed E-state index contributed by atoms with van der Waals surface area (Å²) in [7, 11) is 0. The number of rotatable bonds is 12. The first-order valence-corrected chi connectivity index (χ1v) is 13.8. The molecule has 11 nitrogen and oxygen atoms in total. The number of carbonyl (C=O) groups excluding carboxylic acids is 3. The second-order valence-corrected chi connectivity index (χ2v) is 10.0. The monoisotopic (exact) mass is 613 g/mol. The molecule has 0 radical (unpaired) electrons. The van der Waals surface area contributed by atoms with Gasteiger partial charge in [0.05, 0.1) is 0 Å². The molecule has 0 bridgehead atoms. The lowest BCUT2D eigenvalue weighted by molar-refractivity contribution is -0.143. The highest BCUT2D eigenvalue weighted by atomic mass is 16.7. The molecule has 11 heteroatoms. The summed E-state index contributed by atoms with van der Waals surface area (Å²) in [4.78, 5) is 49.8. The summed E-state index contributed by atoms with van der Waals surface area (Å²) in [5.41, 5.74) is 0.665. The van der Waals surface area contributed by atoms with E-state index in [0.717, 1.165) is 11.1 Å². The van der Waals surface area contributed by atoms with E-state index in [2.05, 4.69) is 5.32 Å². The Bertz CT molecular complexity index is 1600. The SMILES string of the molecule is CC(Cc1ccc(OC(=O)OCc2ccccc2)c(OC(=O)OCc2ccccc2)c1)(NC(=O)OCc1ccccc1)C(=O)O. The van der Waals surface area contributed by atoms with Gasteiger partial charge in [0.1, 0.15) is 25.4 Å². The Morgan fingerprint density at radius 3 is 1.51 bits per heavy atom. The molecule has 45 heavy (non-hydrogen) atoms. The minimum absolute atomic E-state index is 0.0577. The number of aliphatic carboxylic acids is 1. The highest BCUT2D eigenvalue weighted by Gasteiger charge is 2.36. The van der Waals surface area contributed by atoms with E-state index >= 15 is 0 Å². The number of hydrogen-bond acceptors (Lipinski definition) is 9. The second-order valence-electron chi connectivity index (χ2n) is 10.0. The fraction of sp³-hybridized carbons (Fsp3) is 0.176. The van der Waals surface area contributed by atoms with E-state index in [0.29, 0.717) is 11.1 Å². The standard InChI is InChI=1S/C34H31NO10/c1-34(30(36)37,35-31(38)41-21-24-11-5-2-6-12-24)20-27-17-18-28(44-32(39)42-22-25-13-7-3-8-14-25)29(19-27)45-33(40)43-23-26-15-9-4-10-16-26/h2-19H,20-23H2,1H3,(H,35,38)(H,36,37). The topological polar surface area (TPSA) is 147 Å². The van der Waals surface area contributed by atoms with Crippen molar-refractivity contribution in [1.29, 1.82) is 0 Å². The van der Waals surface area contributed by atoms with Crippen molar-refractivity contribution in [1.82, 2.24) is 5.32 Å². The van der Waals surface area contributed by atoms with Crippen LogP contribution in [0.4, 0.5) is 14.4 Å². The summed E-state index contributed by atoms with van der Waals surface area (Å²) in [5.74, 6) is -1.75. The number of ether oxygens (including phenoxy) is 5. The molecular weight excluding hydrogens is 582 g/mol. The predicted molar refractivity (Wildman–Crippen MR) is 160 cm³/mol. The number of carbonyl (C=O) groups is 4. The Hall–Kier alpha value is -5.84.